The Kier molecular flexibility index (Phi) is 5.39. The number of H-pyrrole nitrogens is 1. The number of rotatable bonds is 5. The maximum Gasteiger partial charge on any atom is 0.236 e. The lowest BCUT2D eigenvalue weighted by atomic mass is 10.1. The van der Waals surface area contributed by atoms with Gasteiger partial charge < -0.3 is 9.47 Å². The highest BCUT2D eigenvalue weighted by Crippen LogP contribution is 2.38. The summed E-state index contributed by atoms with van der Waals surface area (Å²) in [4.78, 5) is 8.72. The van der Waals surface area contributed by atoms with E-state index in [1.807, 2.05) is 12.1 Å². The molecule has 0 aliphatic carbocycles. The minimum absolute atomic E-state index is 0.272. The second-order valence-electron chi connectivity index (χ2n) is 5.89. The summed E-state index contributed by atoms with van der Waals surface area (Å²) in [6, 6.07) is 10.8. The first-order valence-corrected chi connectivity index (χ1v) is 9.73. The van der Waals surface area contributed by atoms with Crippen molar-refractivity contribution in [1.82, 2.24) is 20.2 Å². The molecule has 142 valence electrons. The number of benzene rings is 1. The summed E-state index contributed by atoms with van der Waals surface area (Å²) >= 11 is 15.9. The molecule has 0 atom stereocenters. The number of nitrogens with zero attached hydrogens (tertiary/aromatic N) is 3. The molecule has 0 aliphatic rings. The third-order valence-electron chi connectivity index (χ3n) is 3.97. The number of pyridine rings is 2. The smallest absolute Gasteiger partial charge is 0.236 e. The molecule has 0 fully saturated rings. The zero-order valence-electron chi connectivity index (χ0n) is 14.5. The number of hydrogen-bond donors (Lipinski definition) is 1. The van der Waals surface area contributed by atoms with Gasteiger partial charge in [0.15, 0.2) is 11.4 Å². The summed E-state index contributed by atoms with van der Waals surface area (Å²) < 4.78 is 12.1. The number of methoxy groups -OCH3 is 1. The second-order valence-corrected chi connectivity index (χ2v) is 7.62. The molecule has 1 aromatic carbocycles. The van der Waals surface area contributed by atoms with Crippen molar-refractivity contribution < 1.29 is 9.47 Å². The molecule has 3 aromatic heterocycles. The number of ether oxygens (including phenoxy) is 2. The minimum atomic E-state index is 0.272. The lowest BCUT2D eigenvalue weighted by Gasteiger charge is -2.12. The van der Waals surface area contributed by atoms with Crippen molar-refractivity contribution >= 4 is 50.2 Å². The van der Waals surface area contributed by atoms with Crippen LogP contribution < -0.4 is 9.47 Å². The summed E-state index contributed by atoms with van der Waals surface area (Å²) in [6.07, 6.45) is 2.16. The molecule has 0 spiro atoms. The first-order valence-electron chi connectivity index (χ1n) is 8.19. The van der Waals surface area contributed by atoms with Gasteiger partial charge in [-0.1, -0.05) is 39.1 Å². The van der Waals surface area contributed by atoms with Gasteiger partial charge in [-0.3, -0.25) is 5.10 Å². The fraction of sp³-hybridized carbons (Fsp3) is 0.105. The molecule has 1 N–H and O–H groups in total. The van der Waals surface area contributed by atoms with Crippen molar-refractivity contribution in [2.75, 3.05) is 7.11 Å². The molecule has 28 heavy (non-hydrogen) atoms. The molecule has 4 rings (SSSR count). The van der Waals surface area contributed by atoms with E-state index in [9.17, 15) is 0 Å². The average molecular weight is 480 g/mol. The zero-order chi connectivity index (χ0) is 19.7. The van der Waals surface area contributed by atoms with Gasteiger partial charge in [0, 0.05) is 33.6 Å². The van der Waals surface area contributed by atoms with Gasteiger partial charge >= 0.3 is 0 Å². The predicted molar refractivity (Wildman–Crippen MR) is 112 cm³/mol. The molecular weight excluding hydrogens is 467 g/mol. The Balaban J connectivity index is 1.71. The first kappa shape index (κ1) is 19.0. The summed E-state index contributed by atoms with van der Waals surface area (Å²) in [6.45, 7) is 0. The van der Waals surface area contributed by atoms with E-state index in [2.05, 4.69) is 36.1 Å². The van der Waals surface area contributed by atoms with Gasteiger partial charge in [0.1, 0.15) is 10.8 Å². The number of fused-ring (bicyclic) bond motifs is 1. The average Bonchev–Trinajstić information content (AvgIpc) is 3.06. The summed E-state index contributed by atoms with van der Waals surface area (Å²) in [7, 11) is 1.51. The third kappa shape index (κ3) is 3.92. The highest BCUT2D eigenvalue weighted by atomic mass is 79.9. The van der Waals surface area contributed by atoms with Crippen LogP contribution in [-0.2, 0) is 6.42 Å². The summed E-state index contributed by atoms with van der Waals surface area (Å²) in [5.41, 5.74) is 2.23. The number of hydrogen-bond acceptors (Lipinski definition) is 5. The van der Waals surface area contributed by atoms with Crippen molar-refractivity contribution in [2.45, 2.75) is 6.42 Å². The van der Waals surface area contributed by atoms with Crippen molar-refractivity contribution in [3.63, 3.8) is 0 Å². The van der Waals surface area contributed by atoms with Crippen LogP contribution in [0.25, 0.3) is 11.0 Å². The van der Waals surface area contributed by atoms with E-state index >= 15 is 0 Å². The van der Waals surface area contributed by atoms with Crippen LogP contribution in [0, 0.1) is 0 Å². The largest absolute Gasteiger partial charge is 0.480 e. The third-order valence-corrected chi connectivity index (χ3v) is 4.99. The van der Waals surface area contributed by atoms with Crippen LogP contribution in [0.2, 0.25) is 10.0 Å². The van der Waals surface area contributed by atoms with Crippen molar-refractivity contribution in [1.29, 1.82) is 0 Å². The van der Waals surface area contributed by atoms with Crippen LogP contribution in [0.5, 0.6) is 17.4 Å². The van der Waals surface area contributed by atoms with Gasteiger partial charge in [0.05, 0.1) is 18.5 Å². The molecule has 0 saturated heterocycles. The molecule has 6 nitrogen and oxygen atoms in total. The molecular formula is C19H13BrCl2N4O2. The van der Waals surface area contributed by atoms with Gasteiger partial charge in [0.25, 0.3) is 0 Å². The SMILES string of the molecule is COc1nc(Cc2n[nH]c3ncccc23)cc(Oc2cc(Cl)cc(Br)c2)c1Cl. The molecule has 0 unspecified atom stereocenters. The fourth-order valence-corrected chi connectivity index (χ4v) is 3.80. The molecule has 0 amide bonds. The molecule has 4 aromatic rings. The molecule has 0 aliphatic heterocycles. The van der Waals surface area contributed by atoms with Crippen LogP contribution in [0.15, 0.2) is 47.1 Å². The van der Waals surface area contributed by atoms with Gasteiger partial charge in [-0.25, -0.2) is 9.97 Å². The van der Waals surface area contributed by atoms with E-state index in [1.54, 1.807) is 30.5 Å². The normalized spacial score (nSPS) is 11.0. The van der Waals surface area contributed by atoms with Gasteiger partial charge in [-0.15, -0.1) is 0 Å². The van der Waals surface area contributed by atoms with E-state index < -0.39 is 0 Å². The number of aromatic nitrogens is 4. The maximum absolute atomic E-state index is 6.40. The maximum atomic E-state index is 6.40. The van der Waals surface area contributed by atoms with Crippen LogP contribution in [0.1, 0.15) is 11.4 Å². The molecule has 0 bridgehead atoms. The molecule has 0 saturated carbocycles. The minimum Gasteiger partial charge on any atom is -0.480 e. The number of halogens is 3. The quantitative estimate of drug-likeness (QED) is 0.390. The highest BCUT2D eigenvalue weighted by Gasteiger charge is 2.16. The second kappa shape index (κ2) is 7.95. The molecule has 9 heteroatoms. The van der Waals surface area contributed by atoms with Crippen molar-refractivity contribution in [3.05, 3.63) is 68.5 Å². The Morgan fingerprint density at radius 1 is 1.18 bits per heavy atom. The predicted octanol–water partition coefficient (Wildman–Crippen LogP) is 5.81. The standard InChI is InChI=1S/C19H13BrCl2N4O2/c1-27-19-17(22)16(28-13-6-10(20)5-11(21)7-13)9-12(24-19)8-15-14-3-2-4-23-18(14)26-25-15/h2-7,9H,8H2,1H3,(H,23,25,26). The Morgan fingerprint density at radius 2 is 2.04 bits per heavy atom. The first-order chi connectivity index (χ1) is 13.5. The van der Waals surface area contributed by atoms with Crippen LogP contribution >= 0.6 is 39.1 Å². The Labute approximate surface area is 178 Å². The van der Waals surface area contributed by atoms with E-state index in [-0.39, 0.29) is 10.9 Å². The zero-order valence-corrected chi connectivity index (χ0v) is 17.6. The van der Waals surface area contributed by atoms with E-state index in [0.29, 0.717) is 28.6 Å². The summed E-state index contributed by atoms with van der Waals surface area (Å²) in [5, 5.41) is 9.00. The van der Waals surface area contributed by atoms with Crippen molar-refractivity contribution in [3.8, 4) is 17.4 Å². The molecule has 3 heterocycles. The van der Waals surface area contributed by atoms with Crippen LogP contribution in [-0.4, -0.2) is 27.3 Å². The van der Waals surface area contributed by atoms with Crippen LogP contribution in [0.4, 0.5) is 0 Å². The molecule has 0 radical (unpaired) electrons. The Bertz CT molecular complexity index is 1150. The van der Waals surface area contributed by atoms with Gasteiger partial charge in [-0.2, -0.15) is 5.10 Å². The lowest BCUT2D eigenvalue weighted by Crippen LogP contribution is -1.99. The van der Waals surface area contributed by atoms with Gasteiger partial charge in [-0.05, 0) is 30.3 Å². The Hall–Kier alpha value is -2.35. The lowest BCUT2D eigenvalue weighted by molar-refractivity contribution is 0.391. The Morgan fingerprint density at radius 3 is 2.82 bits per heavy atom. The van der Waals surface area contributed by atoms with Gasteiger partial charge in [0.2, 0.25) is 5.88 Å². The van der Waals surface area contributed by atoms with E-state index in [1.165, 1.54) is 7.11 Å². The fourth-order valence-electron chi connectivity index (χ4n) is 2.76. The number of aromatic amines is 1. The van der Waals surface area contributed by atoms with Crippen LogP contribution in [0.3, 0.4) is 0 Å². The topological polar surface area (TPSA) is 72.9 Å². The monoisotopic (exact) mass is 478 g/mol. The van der Waals surface area contributed by atoms with Crippen molar-refractivity contribution in [2.24, 2.45) is 0 Å². The highest BCUT2D eigenvalue weighted by molar-refractivity contribution is 9.10. The summed E-state index contributed by atoms with van der Waals surface area (Å²) in [5.74, 6) is 1.22. The van der Waals surface area contributed by atoms with E-state index in [0.717, 1.165) is 21.2 Å². The van der Waals surface area contributed by atoms with E-state index in [4.69, 9.17) is 32.7 Å². The number of nitrogens with one attached hydrogen (secondary N) is 1.